The summed E-state index contributed by atoms with van der Waals surface area (Å²) in [6.45, 7) is 5.76. The molecule has 0 aromatic heterocycles. The van der Waals surface area contributed by atoms with Gasteiger partial charge in [0.25, 0.3) is 0 Å². The highest BCUT2D eigenvalue weighted by molar-refractivity contribution is 5.79. The van der Waals surface area contributed by atoms with Crippen LogP contribution in [0.5, 0.6) is 0 Å². The average molecular weight is 274 g/mol. The van der Waals surface area contributed by atoms with E-state index in [9.17, 15) is 9.90 Å². The van der Waals surface area contributed by atoms with E-state index in [2.05, 4.69) is 11.4 Å². The zero-order valence-corrected chi connectivity index (χ0v) is 12.3. The van der Waals surface area contributed by atoms with E-state index >= 15 is 0 Å². The Labute approximate surface area is 120 Å². The quantitative estimate of drug-likeness (QED) is 0.831. The normalized spacial score (nSPS) is 13.6. The van der Waals surface area contributed by atoms with Gasteiger partial charge in [-0.25, -0.2) is 0 Å². The molecule has 0 spiro atoms. The summed E-state index contributed by atoms with van der Waals surface area (Å²) in [7, 11) is 0. The van der Waals surface area contributed by atoms with Crippen molar-refractivity contribution in [3.8, 4) is 6.07 Å². The number of nitrogens with zero attached hydrogens (tertiary/aromatic N) is 1. The van der Waals surface area contributed by atoms with Crippen LogP contribution in [0.25, 0.3) is 0 Å². The molecule has 0 fully saturated rings. The van der Waals surface area contributed by atoms with Crippen LogP contribution in [0.15, 0.2) is 24.3 Å². The maximum atomic E-state index is 11.9. The van der Waals surface area contributed by atoms with Gasteiger partial charge in [-0.2, -0.15) is 5.26 Å². The van der Waals surface area contributed by atoms with Gasteiger partial charge in [-0.05, 0) is 24.0 Å². The number of carbonyl (C=O) groups is 1. The van der Waals surface area contributed by atoms with Crippen molar-refractivity contribution >= 4 is 5.91 Å². The molecule has 1 atom stereocenters. The van der Waals surface area contributed by atoms with E-state index < -0.39 is 5.60 Å². The van der Waals surface area contributed by atoms with Crippen molar-refractivity contribution in [2.45, 2.75) is 39.2 Å². The molecule has 1 aromatic carbocycles. The van der Waals surface area contributed by atoms with Crippen molar-refractivity contribution in [3.05, 3.63) is 35.4 Å². The lowest BCUT2D eigenvalue weighted by Crippen LogP contribution is -2.44. The van der Waals surface area contributed by atoms with E-state index in [0.717, 1.165) is 11.1 Å². The SMILES string of the molecule is CC(C)C(C)(O)CNC(=O)Cc1ccccc1CC#N. The molecule has 0 aliphatic carbocycles. The lowest BCUT2D eigenvalue weighted by Gasteiger charge is -2.27. The van der Waals surface area contributed by atoms with Gasteiger partial charge in [0, 0.05) is 6.54 Å². The molecule has 4 heteroatoms. The molecule has 0 aliphatic heterocycles. The minimum absolute atomic E-state index is 0.0636. The molecule has 2 N–H and O–H groups in total. The highest BCUT2D eigenvalue weighted by Crippen LogP contribution is 2.15. The van der Waals surface area contributed by atoms with Gasteiger partial charge in [0.2, 0.25) is 5.91 Å². The number of nitriles is 1. The fourth-order valence-electron chi connectivity index (χ4n) is 1.70. The van der Waals surface area contributed by atoms with Crippen LogP contribution in [0.1, 0.15) is 31.9 Å². The second-order valence-electron chi connectivity index (χ2n) is 5.57. The van der Waals surface area contributed by atoms with Crippen LogP contribution < -0.4 is 5.32 Å². The van der Waals surface area contributed by atoms with Gasteiger partial charge >= 0.3 is 0 Å². The summed E-state index contributed by atoms with van der Waals surface area (Å²) in [5.41, 5.74) is 0.818. The first-order valence-corrected chi connectivity index (χ1v) is 6.79. The van der Waals surface area contributed by atoms with Crippen LogP contribution in [0.2, 0.25) is 0 Å². The zero-order valence-electron chi connectivity index (χ0n) is 12.3. The molecule has 0 saturated heterocycles. The van der Waals surface area contributed by atoms with E-state index in [1.807, 2.05) is 38.1 Å². The van der Waals surface area contributed by atoms with Crippen LogP contribution in [0, 0.1) is 17.2 Å². The standard InChI is InChI=1S/C16H22N2O2/c1-12(2)16(3,20)11-18-15(19)10-14-7-5-4-6-13(14)8-9-17/h4-7,12,20H,8,10-11H2,1-3H3,(H,18,19). The van der Waals surface area contributed by atoms with Crippen molar-refractivity contribution in [3.63, 3.8) is 0 Å². The fourth-order valence-corrected chi connectivity index (χ4v) is 1.70. The van der Waals surface area contributed by atoms with Gasteiger partial charge in [-0.15, -0.1) is 0 Å². The fraction of sp³-hybridized carbons (Fsp3) is 0.500. The Balaban J connectivity index is 2.62. The minimum atomic E-state index is -0.915. The third kappa shape index (κ3) is 4.67. The predicted molar refractivity (Wildman–Crippen MR) is 77.9 cm³/mol. The molecule has 0 saturated carbocycles. The summed E-state index contributed by atoms with van der Waals surface area (Å²) in [5.74, 6) is -0.0787. The maximum Gasteiger partial charge on any atom is 0.224 e. The van der Waals surface area contributed by atoms with E-state index in [-0.39, 0.29) is 24.8 Å². The van der Waals surface area contributed by atoms with Gasteiger partial charge < -0.3 is 10.4 Å². The summed E-state index contributed by atoms with van der Waals surface area (Å²) in [5, 5.41) is 21.6. The third-order valence-electron chi connectivity index (χ3n) is 3.63. The summed E-state index contributed by atoms with van der Waals surface area (Å²) in [6.07, 6.45) is 0.527. The molecule has 4 nitrogen and oxygen atoms in total. The number of hydrogen-bond donors (Lipinski definition) is 2. The minimum Gasteiger partial charge on any atom is -0.388 e. The van der Waals surface area contributed by atoms with Crippen LogP contribution >= 0.6 is 0 Å². The molecule has 1 rings (SSSR count). The second kappa shape index (κ2) is 7.06. The van der Waals surface area contributed by atoms with Crippen molar-refractivity contribution in [2.75, 3.05) is 6.54 Å². The van der Waals surface area contributed by atoms with E-state index in [0.29, 0.717) is 6.42 Å². The smallest absolute Gasteiger partial charge is 0.224 e. The van der Waals surface area contributed by atoms with Crippen LogP contribution in [0.4, 0.5) is 0 Å². The lowest BCUT2D eigenvalue weighted by molar-refractivity contribution is -0.122. The Kier molecular flexibility index (Phi) is 5.72. The highest BCUT2D eigenvalue weighted by atomic mass is 16.3. The Bertz CT molecular complexity index is 501. The number of benzene rings is 1. The first-order chi connectivity index (χ1) is 9.36. The lowest BCUT2D eigenvalue weighted by atomic mass is 9.92. The Morgan fingerprint density at radius 3 is 2.55 bits per heavy atom. The summed E-state index contributed by atoms with van der Waals surface area (Å²) in [6, 6.07) is 9.52. The predicted octanol–water partition coefficient (Wildman–Crippen LogP) is 1.82. The monoisotopic (exact) mass is 274 g/mol. The van der Waals surface area contributed by atoms with Gasteiger partial charge in [0.05, 0.1) is 24.5 Å². The Morgan fingerprint density at radius 2 is 2.00 bits per heavy atom. The van der Waals surface area contributed by atoms with Gasteiger partial charge in [-0.3, -0.25) is 4.79 Å². The molecule has 0 aliphatic rings. The zero-order chi connectivity index (χ0) is 15.2. The summed E-state index contributed by atoms with van der Waals surface area (Å²) >= 11 is 0. The van der Waals surface area contributed by atoms with E-state index in [1.165, 1.54) is 0 Å². The molecule has 0 bridgehead atoms. The van der Waals surface area contributed by atoms with Crippen LogP contribution in [-0.2, 0) is 17.6 Å². The van der Waals surface area contributed by atoms with Gasteiger partial charge in [0.1, 0.15) is 0 Å². The maximum absolute atomic E-state index is 11.9. The number of amides is 1. The molecule has 1 aromatic rings. The molecule has 0 heterocycles. The molecule has 108 valence electrons. The summed E-state index contributed by atoms with van der Waals surface area (Å²) in [4.78, 5) is 11.9. The first kappa shape index (κ1) is 16.2. The molecular weight excluding hydrogens is 252 g/mol. The Morgan fingerprint density at radius 1 is 1.40 bits per heavy atom. The number of hydrogen-bond acceptors (Lipinski definition) is 3. The average Bonchev–Trinajstić information content (AvgIpc) is 2.39. The van der Waals surface area contributed by atoms with Gasteiger partial charge in [-0.1, -0.05) is 38.1 Å². The molecule has 20 heavy (non-hydrogen) atoms. The van der Waals surface area contributed by atoms with Crippen LogP contribution in [0.3, 0.4) is 0 Å². The number of nitrogens with one attached hydrogen (secondary N) is 1. The largest absolute Gasteiger partial charge is 0.388 e. The van der Waals surface area contributed by atoms with Crippen LogP contribution in [-0.4, -0.2) is 23.2 Å². The van der Waals surface area contributed by atoms with E-state index in [1.54, 1.807) is 6.92 Å². The van der Waals surface area contributed by atoms with Crippen molar-refractivity contribution < 1.29 is 9.90 Å². The number of aliphatic hydroxyl groups is 1. The molecule has 1 amide bonds. The molecule has 1 unspecified atom stereocenters. The third-order valence-corrected chi connectivity index (χ3v) is 3.63. The number of carbonyl (C=O) groups excluding carboxylic acids is 1. The topological polar surface area (TPSA) is 73.1 Å². The van der Waals surface area contributed by atoms with Crippen molar-refractivity contribution in [2.24, 2.45) is 5.92 Å². The van der Waals surface area contributed by atoms with Gasteiger partial charge in [0.15, 0.2) is 0 Å². The molecule has 0 radical (unpaired) electrons. The van der Waals surface area contributed by atoms with E-state index in [4.69, 9.17) is 5.26 Å². The number of rotatable bonds is 6. The highest BCUT2D eigenvalue weighted by Gasteiger charge is 2.25. The molecular formula is C16H22N2O2. The van der Waals surface area contributed by atoms with Crippen molar-refractivity contribution in [1.82, 2.24) is 5.32 Å². The second-order valence-corrected chi connectivity index (χ2v) is 5.57. The summed E-state index contributed by atoms with van der Waals surface area (Å²) < 4.78 is 0. The Hall–Kier alpha value is -1.86. The van der Waals surface area contributed by atoms with Crippen molar-refractivity contribution in [1.29, 1.82) is 5.26 Å². The first-order valence-electron chi connectivity index (χ1n) is 6.79.